The second kappa shape index (κ2) is 10.4. The predicted molar refractivity (Wildman–Crippen MR) is 121 cm³/mol. The average Bonchev–Trinajstić information content (AvgIpc) is 2.70. The highest BCUT2D eigenvalue weighted by Crippen LogP contribution is 2.23. The fourth-order valence-corrected chi connectivity index (χ4v) is 4.78. The van der Waals surface area contributed by atoms with Gasteiger partial charge < -0.3 is 14.7 Å². The third-order valence-electron chi connectivity index (χ3n) is 6.69. The van der Waals surface area contributed by atoms with Crippen molar-refractivity contribution in [1.82, 2.24) is 14.7 Å². The summed E-state index contributed by atoms with van der Waals surface area (Å²) in [7, 11) is 6.02. The molecule has 2 aliphatic rings. The second-order valence-electron chi connectivity index (χ2n) is 9.39. The summed E-state index contributed by atoms with van der Waals surface area (Å²) in [4.78, 5) is 21.8. The number of nitrogens with zero attached hydrogens (tertiary/aromatic N) is 4. The zero-order chi connectivity index (χ0) is 20.8. The lowest BCUT2D eigenvalue weighted by molar-refractivity contribution is -0.132. The minimum Gasteiger partial charge on any atom is -0.378 e. The topological polar surface area (TPSA) is 30.0 Å². The van der Waals surface area contributed by atoms with Crippen LogP contribution in [0.1, 0.15) is 44.6 Å². The molecule has 2 saturated heterocycles. The standard InChI is InChI=1S/C24H40N4O/c1-20-8-5-6-15-28(20)18-22-9-7-14-27(17-22)19-24(29)26(4)16-21-10-12-23(13-11-21)25(2)3/h10-13,20,22H,5-9,14-19H2,1-4H3. The fourth-order valence-electron chi connectivity index (χ4n) is 4.78. The minimum absolute atomic E-state index is 0.230. The van der Waals surface area contributed by atoms with Gasteiger partial charge in [0.25, 0.3) is 0 Å². The molecule has 2 unspecified atom stereocenters. The highest BCUT2D eigenvalue weighted by atomic mass is 16.2. The Kier molecular flexibility index (Phi) is 7.96. The highest BCUT2D eigenvalue weighted by molar-refractivity contribution is 5.78. The van der Waals surface area contributed by atoms with Gasteiger partial charge in [-0.25, -0.2) is 0 Å². The monoisotopic (exact) mass is 400 g/mol. The number of likely N-dealkylation sites (tertiary alicyclic amines) is 2. The molecule has 2 aliphatic heterocycles. The van der Waals surface area contributed by atoms with Crippen LogP contribution in [-0.2, 0) is 11.3 Å². The largest absolute Gasteiger partial charge is 0.378 e. The molecule has 1 amide bonds. The fraction of sp³-hybridized carbons (Fsp3) is 0.708. The van der Waals surface area contributed by atoms with E-state index in [1.54, 1.807) is 0 Å². The molecule has 5 heteroatoms. The maximum atomic E-state index is 12.8. The summed E-state index contributed by atoms with van der Waals surface area (Å²) in [5, 5.41) is 0. The van der Waals surface area contributed by atoms with E-state index >= 15 is 0 Å². The first-order valence-corrected chi connectivity index (χ1v) is 11.4. The number of benzene rings is 1. The van der Waals surface area contributed by atoms with Crippen LogP contribution in [0.3, 0.4) is 0 Å². The van der Waals surface area contributed by atoms with Crippen LogP contribution in [0.25, 0.3) is 0 Å². The Morgan fingerprint density at radius 1 is 1.03 bits per heavy atom. The quantitative estimate of drug-likeness (QED) is 0.703. The number of carbonyl (C=O) groups excluding carboxylic acids is 1. The number of rotatable bonds is 7. The lowest BCUT2D eigenvalue weighted by Gasteiger charge is -2.39. The van der Waals surface area contributed by atoms with E-state index in [1.165, 1.54) is 56.4 Å². The van der Waals surface area contributed by atoms with Crippen molar-refractivity contribution in [1.29, 1.82) is 0 Å². The summed E-state index contributed by atoms with van der Waals surface area (Å²) in [5.74, 6) is 0.940. The van der Waals surface area contributed by atoms with E-state index in [4.69, 9.17) is 0 Å². The molecule has 0 aromatic heterocycles. The maximum absolute atomic E-state index is 12.8. The molecule has 1 aromatic carbocycles. The molecule has 0 spiro atoms. The minimum atomic E-state index is 0.230. The van der Waals surface area contributed by atoms with Crippen LogP contribution in [0.2, 0.25) is 0 Å². The molecule has 0 N–H and O–H groups in total. The predicted octanol–water partition coefficient (Wildman–Crippen LogP) is 3.30. The van der Waals surface area contributed by atoms with Crippen molar-refractivity contribution >= 4 is 11.6 Å². The van der Waals surface area contributed by atoms with Gasteiger partial charge in [0.1, 0.15) is 0 Å². The molecular formula is C24H40N4O. The Balaban J connectivity index is 1.46. The Morgan fingerprint density at radius 2 is 1.79 bits per heavy atom. The molecule has 1 aromatic rings. The van der Waals surface area contributed by atoms with E-state index < -0.39 is 0 Å². The van der Waals surface area contributed by atoms with Gasteiger partial charge in [-0.05, 0) is 69.3 Å². The number of anilines is 1. The molecule has 0 radical (unpaired) electrons. The van der Waals surface area contributed by atoms with Crippen molar-refractivity contribution in [3.8, 4) is 0 Å². The lowest BCUT2D eigenvalue weighted by Crippen LogP contribution is -2.47. The molecule has 0 aliphatic carbocycles. The molecule has 2 heterocycles. The molecule has 0 saturated carbocycles. The van der Waals surface area contributed by atoms with Crippen LogP contribution in [0.5, 0.6) is 0 Å². The third-order valence-corrected chi connectivity index (χ3v) is 6.69. The second-order valence-corrected chi connectivity index (χ2v) is 9.39. The number of amides is 1. The van der Waals surface area contributed by atoms with Crippen LogP contribution < -0.4 is 4.90 Å². The molecule has 162 valence electrons. The Hall–Kier alpha value is -1.59. The SMILES string of the molecule is CC1CCCCN1CC1CCCN(CC(=O)N(C)Cc2ccc(N(C)C)cc2)C1. The summed E-state index contributed by atoms with van der Waals surface area (Å²) in [6, 6.07) is 9.20. The summed E-state index contributed by atoms with van der Waals surface area (Å²) in [6.07, 6.45) is 6.60. The normalized spacial score (nSPS) is 23.7. The first kappa shape index (κ1) is 22.1. The van der Waals surface area contributed by atoms with Crippen molar-refractivity contribution in [2.24, 2.45) is 5.92 Å². The van der Waals surface area contributed by atoms with Crippen molar-refractivity contribution in [3.05, 3.63) is 29.8 Å². The molecule has 3 rings (SSSR count). The van der Waals surface area contributed by atoms with Crippen LogP contribution in [0, 0.1) is 5.92 Å². The highest BCUT2D eigenvalue weighted by Gasteiger charge is 2.27. The van der Waals surface area contributed by atoms with Gasteiger partial charge in [-0.1, -0.05) is 18.6 Å². The summed E-state index contributed by atoms with van der Waals surface area (Å²) in [6.45, 7) is 8.20. The molecule has 2 atom stereocenters. The van der Waals surface area contributed by atoms with Crippen LogP contribution >= 0.6 is 0 Å². The Labute approximate surface area is 177 Å². The summed E-state index contributed by atoms with van der Waals surface area (Å²) >= 11 is 0. The molecular weight excluding hydrogens is 360 g/mol. The van der Waals surface area contributed by atoms with Gasteiger partial charge in [-0.2, -0.15) is 0 Å². The van der Waals surface area contributed by atoms with Gasteiger partial charge in [-0.15, -0.1) is 0 Å². The zero-order valence-corrected chi connectivity index (χ0v) is 18.9. The molecule has 2 fully saturated rings. The Bertz CT molecular complexity index is 645. The van der Waals surface area contributed by atoms with Crippen LogP contribution in [0.15, 0.2) is 24.3 Å². The van der Waals surface area contributed by atoms with Gasteiger partial charge in [-0.3, -0.25) is 9.69 Å². The van der Waals surface area contributed by atoms with Gasteiger partial charge in [0.2, 0.25) is 5.91 Å². The van der Waals surface area contributed by atoms with E-state index in [2.05, 4.69) is 45.9 Å². The maximum Gasteiger partial charge on any atom is 0.236 e. The van der Waals surface area contributed by atoms with Crippen molar-refractivity contribution in [2.75, 3.05) is 58.8 Å². The van der Waals surface area contributed by atoms with E-state index in [1.807, 2.05) is 26.0 Å². The van der Waals surface area contributed by atoms with Crippen molar-refractivity contribution in [3.63, 3.8) is 0 Å². The number of hydrogen-bond acceptors (Lipinski definition) is 4. The first-order chi connectivity index (χ1) is 13.9. The molecule has 5 nitrogen and oxygen atoms in total. The van der Waals surface area contributed by atoms with Gasteiger partial charge in [0.05, 0.1) is 6.54 Å². The van der Waals surface area contributed by atoms with Crippen molar-refractivity contribution < 1.29 is 4.79 Å². The summed E-state index contributed by atoms with van der Waals surface area (Å²) < 4.78 is 0. The van der Waals surface area contributed by atoms with Crippen LogP contribution in [0.4, 0.5) is 5.69 Å². The number of piperidine rings is 2. The Morgan fingerprint density at radius 3 is 2.48 bits per heavy atom. The van der Waals surface area contributed by atoms with Crippen molar-refractivity contribution in [2.45, 2.75) is 51.6 Å². The number of hydrogen-bond donors (Lipinski definition) is 0. The van der Waals surface area contributed by atoms with E-state index in [-0.39, 0.29) is 5.91 Å². The number of likely N-dealkylation sites (N-methyl/N-ethyl adjacent to an activating group) is 1. The molecule has 0 bridgehead atoms. The van der Waals surface area contributed by atoms with Gasteiger partial charge >= 0.3 is 0 Å². The van der Waals surface area contributed by atoms with Gasteiger partial charge in [0, 0.05) is 52.5 Å². The van der Waals surface area contributed by atoms with E-state index in [9.17, 15) is 4.79 Å². The van der Waals surface area contributed by atoms with Crippen LogP contribution in [-0.4, -0.2) is 80.5 Å². The van der Waals surface area contributed by atoms with E-state index in [0.29, 0.717) is 19.0 Å². The van der Waals surface area contributed by atoms with Gasteiger partial charge in [0.15, 0.2) is 0 Å². The number of carbonyl (C=O) groups is 1. The third kappa shape index (κ3) is 6.45. The first-order valence-electron chi connectivity index (χ1n) is 11.4. The smallest absolute Gasteiger partial charge is 0.236 e. The lowest BCUT2D eigenvalue weighted by atomic mass is 9.95. The molecule has 29 heavy (non-hydrogen) atoms. The van der Waals surface area contributed by atoms with E-state index in [0.717, 1.165) is 19.1 Å². The average molecular weight is 401 g/mol. The summed E-state index contributed by atoms with van der Waals surface area (Å²) in [5.41, 5.74) is 2.37. The zero-order valence-electron chi connectivity index (χ0n) is 18.9.